The zero-order valence-electron chi connectivity index (χ0n) is 28.7. The van der Waals surface area contributed by atoms with E-state index >= 15 is 0 Å². The maximum Gasteiger partial charge on any atom is 0.264 e. The first-order valence-corrected chi connectivity index (χ1v) is 17.6. The lowest BCUT2D eigenvalue weighted by Gasteiger charge is -2.34. The summed E-state index contributed by atoms with van der Waals surface area (Å²) < 4.78 is 46.3. The summed E-state index contributed by atoms with van der Waals surface area (Å²) in [7, 11) is -1.48. The van der Waals surface area contributed by atoms with Crippen molar-refractivity contribution < 1.29 is 32.2 Å². The van der Waals surface area contributed by atoms with Crippen molar-refractivity contribution in [2.24, 2.45) is 5.92 Å². The number of methoxy groups -OCH3 is 2. The van der Waals surface area contributed by atoms with Crippen molar-refractivity contribution in [1.82, 2.24) is 10.2 Å². The topological polar surface area (TPSA) is 114 Å². The number of anilines is 1. The van der Waals surface area contributed by atoms with Gasteiger partial charge < -0.3 is 24.4 Å². The number of ether oxygens (including phenoxy) is 3. The summed E-state index contributed by atoms with van der Waals surface area (Å²) >= 11 is 0. The summed E-state index contributed by atoms with van der Waals surface area (Å²) in [5, 5.41) is 3.00. The van der Waals surface area contributed by atoms with Crippen LogP contribution in [-0.4, -0.2) is 65.1 Å². The Kier molecular flexibility index (Phi) is 13.1. The lowest BCUT2D eigenvalue weighted by molar-refractivity contribution is -0.140. The van der Waals surface area contributed by atoms with E-state index in [1.165, 1.54) is 37.3 Å². The van der Waals surface area contributed by atoms with Crippen LogP contribution in [0.25, 0.3) is 0 Å². The summed E-state index contributed by atoms with van der Waals surface area (Å²) in [5.74, 6) is 0.435. The average Bonchev–Trinajstić information content (AvgIpc) is 3.11. The van der Waals surface area contributed by atoms with E-state index in [-0.39, 0.29) is 41.1 Å². The standard InChI is InChI=1S/C38H45N3O7S/c1-6-48-32-19-17-31(18-20-32)41(49(44,45)33-21-22-35(46-4)36(24-33)47-5)27-37(42)40(26-30-15-11-8-12-16-30)34(38(43)39-25-28(2)3)23-29-13-9-7-10-14-29/h7-22,24,28,34H,6,23,25-27H2,1-5H3,(H,39,43). The zero-order valence-corrected chi connectivity index (χ0v) is 29.5. The van der Waals surface area contributed by atoms with Gasteiger partial charge >= 0.3 is 0 Å². The number of nitrogens with zero attached hydrogens (tertiary/aromatic N) is 2. The molecule has 0 aromatic heterocycles. The highest BCUT2D eigenvalue weighted by Gasteiger charge is 2.35. The first-order valence-electron chi connectivity index (χ1n) is 16.2. The van der Waals surface area contributed by atoms with Crippen LogP contribution in [0.1, 0.15) is 31.9 Å². The molecular formula is C38H45N3O7S. The van der Waals surface area contributed by atoms with Gasteiger partial charge in [-0.25, -0.2) is 8.42 Å². The minimum absolute atomic E-state index is 0.0831. The van der Waals surface area contributed by atoms with Crippen LogP contribution in [0.2, 0.25) is 0 Å². The van der Waals surface area contributed by atoms with Crippen LogP contribution in [0.15, 0.2) is 108 Å². The quantitative estimate of drug-likeness (QED) is 0.151. The molecule has 4 aromatic rings. The van der Waals surface area contributed by atoms with Crippen LogP contribution in [0.4, 0.5) is 5.69 Å². The van der Waals surface area contributed by atoms with Crippen LogP contribution in [0.3, 0.4) is 0 Å². The lowest BCUT2D eigenvalue weighted by atomic mass is 10.0. The van der Waals surface area contributed by atoms with Crippen LogP contribution in [0, 0.1) is 5.92 Å². The van der Waals surface area contributed by atoms with Gasteiger partial charge in [0.05, 0.1) is 31.4 Å². The lowest BCUT2D eigenvalue weighted by Crippen LogP contribution is -2.53. The van der Waals surface area contributed by atoms with Crippen LogP contribution in [-0.2, 0) is 32.6 Å². The molecule has 1 N–H and O–H groups in total. The van der Waals surface area contributed by atoms with Crippen molar-refractivity contribution in [3.63, 3.8) is 0 Å². The number of benzene rings is 4. The second kappa shape index (κ2) is 17.4. The number of amides is 2. The first kappa shape index (κ1) is 36.8. The van der Waals surface area contributed by atoms with Gasteiger partial charge in [0.15, 0.2) is 11.5 Å². The molecule has 0 fully saturated rings. The molecule has 4 rings (SSSR count). The Morgan fingerprint density at radius 1 is 0.796 bits per heavy atom. The normalized spacial score (nSPS) is 11.8. The highest BCUT2D eigenvalue weighted by atomic mass is 32.2. The van der Waals surface area contributed by atoms with Gasteiger partial charge in [0.1, 0.15) is 18.3 Å². The van der Waals surface area contributed by atoms with Gasteiger partial charge in [0.25, 0.3) is 10.0 Å². The Balaban J connectivity index is 1.81. The fraction of sp³-hybridized carbons (Fsp3) is 0.316. The molecule has 0 saturated heterocycles. The molecule has 4 aromatic carbocycles. The molecule has 10 nitrogen and oxygen atoms in total. The summed E-state index contributed by atoms with van der Waals surface area (Å²) in [6.07, 6.45) is 0.231. The van der Waals surface area contributed by atoms with Crippen LogP contribution < -0.4 is 23.8 Å². The highest BCUT2D eigenvalue weighted by Crippen LogP contribution is 2.33. The van der Waals surface area contributed by atoms with E-state index in [1.54, 1.807) is 24.3 Å². The van der Waals surface area contributed by atoms with Gasteiger partial charge in [0, 0.05) is 25.6 Å². The molecule has 0 saturated carbocycles. The van der Waals surface area contributed by atoms with Gasteiger partial charge in [-0.1, -0.05) is 74.5 Å². The van der Waals surface area contributed by atoms with Crippen LogP contribution >= 0.6 is 0 Å². The summed E-state index contributed by atoms with van der Waals surface area (Å²) in [5.41, 5.74) is 1.90. The monoisotopic (exact) mass is 687 g/mol. The van der Waals surface area contributed by atoms with Crippen molar-refractivity contribution in [1.29, 1.82) is 0 Å². The average molecular weight is 688 g/mol. The van der Waals surface area contributed by atoms with Crippen molar-refractivity contribution in [3.8, 4) is 17.2 Å². The molecular weight excluding hydrogens is 642 g/mol. The SMILES string of the molecule is CCOc1ccc(N(CC(=O)N(Cc2ccccc2)C(Cc2ccccc2)C(=O)NCC(C)C)S(=O)(=O)c2ccc(OC)c(OC)c2)cc1. The van der Waals surface area contributed by atoms with Crippen molar-refractivity contribution in [2.75, 3.05) is 38.2 Å². The Labute approximate surface area is 289 Å². The largest absolute Gasteiger partial charge is 0.494 e. The molecule has 1 atom stereocenters. The minimum Gasteiger partial charge on any atom is -0.494 e. The van der Waals surface area contributed by atoms with Gasteiger partial charge in [-0.15, -0.1) is 0 Å². The van der Waals surface area contributed by atoms with Gasteiger partial charge in [-0.3, -0.25) is 13.9 Å². The van der Waals surface area contributed by atoms with Gasteiger partial charge in [-0.2, -0.15) is 0 Å². The van der Waals surface area contributed by atoms with Gasteiger partial charge in [-0.05, 0) is 60.4 Å². The second-order valence-electron chi connectivity index (χ2n) is 11.8. The Bertz CT molecular complexity index is 1770. The number of hydrogen-bond donors (Lipinski definition) is 1. The molecule has 0 aliphatic heterocycles. The number of carbonyl (C=O) groups excluding carboxylic acids is 2. The smallest absolute Gasteiger partial charge is 0.264 e. The number of nitrogens with one attached hydrogen (secondary N) is 1. The third-order valence-corrected chi connectivity index (χ3v) is 9.58. The summed E-state index contributed by atoms with van der Waals surface area (Å²) in [6, 6.07) is 28.6. The Morgan fingerprint density at radius 3 is 1.98 bits per heavy atom. The molecule has 0 heterocycles. The zero-order chi connectivity index (χ0) is 35.4. The molecule has 0 bridgehead atoms. The number of rotatable bonds is 17. The number of hydrogen-bond acceptors (Lipinski definition) is 7. The second-order valence-corrected chi connectivity index (χ2v) is 13.7. The number of carbonyl (C=O) groups is 2. The van der Waals surface area contributed by atoms with Crippen LogP contribution in [0.5, 0.6) is 17.2 Å². The molecule has 0 radical (unpaired) electrons. The highest BCUT2D eigenvalue weighted by molar-refractivity contribution is 7.92. The van der Waals surface area contributed by atoms with E-state index in [0.717, 1.165) is 15.4 Å². The predicted octanol–water partition coefficient (Wildman–Crippen LogP) is 5.71. The van der Waals surface area contributed by atoms with Gasteiger partial charge in [0.2, 0.25) is 11.8 Å². The summed E-state index contributed by atoms with van der Waals surface area (Å²) in [4.78, 5) is 29.9. The maximum absolute atomic E-state index is 14.6. The molecule has 2 amide bonds. The van der Waals surface area contributed by atoms with E-state index < -0.39 is 28.5 Å². The fourth-order valence-electron chi connectivity index (χ4n) is 5.26. The third kappa shape index (κ3) is 9.76. The van der Waals surface area contributed by atoms with E-state index in [4.69, 9.17) is 14.2 Å². The van der Waals surface area contributed by atoms with Crippen molar-refractivity contribution in [2.45, 2.75) is 44.7 Å². The Morgan fingerprint density at radius 2 is 1.41 bits per heavy atom. The fourth-order valence-corrected chi connectivity index (χ4v) is 6.69. The van der Waals surface area contributed by atoms with E-state index in [9.17, 15) is 18.0 Å². The molecule has 1 unspecified atom stereocenters. The van der Waals surface area contributed by atoms with E-state index in [0.29, 0.717) is 24.7 Å². The molecule has 260 valence electrons. The van der Waals surface area contributed by atoms with Crippen molar-refractivity contribution >= 4 is 27.5 Å². The molecule has 0 aliphatic carbocycles. The summed E-state index contributed by atoms with van der Waals surface area (Å²) in [6.45, 7) is 6.19. The molecule has 0 spiro atoms. The minimum atomic E-state index is -4.36. The third-order valence-electron chi connectivity index (χ3n) is 7.81. The molecule has 11 heteroatoms. The molecule has 0 aliphatic rings. The maximum atomic E-state index is 14.6. The number of sulfonamides is 1. The first-order chi connectivity index (χ1) is 23.6. The van der Waals surface area contributed by atoms with Crippen molar-refractivity contribution in [3.05, 3.63) is 114 Å². The van der Waals surface area contributed by atoms with E-state index in [1.807, 2.05) is 81.4 Å². The van der Waals surface area contributed by atoms with E-state index in [2.05, 4.69) is 5.32 Å². The Hall–Kier alpha value is -5.03. The molecule has 49 heavy (non-hydrogen) atoms. The predicted molar refractivity (Wildman–Crippen MR) is 190 cm³/mol.